The molecule has 0 saturated carbocycles. The number of rotatable bonds is 2. The number of hydrogen-bond acceptors (Lipinski definition) is 5. The van der Waals surface area contributed by atoms with Gasteiger partial charge in [0.15, 0.2) is 0 Å². The molecule has 0 spiro atoms. The maximum Gasteiger partial charge on any atom is 0.352 e. The Hall–Kier alpha value is -2.25. The van der Waals surface area contributed by atoms with Gasteiger partial charge >= 0.3 is 5.95 Å². The van der Waals surface area contributed by atoms with E-state index < -0.39 is 0 Å². The van der Waals surface area contributed by atoms with Gasteiger partial charge in [-0.15, -0.1) is 4.73 Å². The summed E-state index contributed by atoms with van der Waals surface area (Å²) >= 11 is 0. The van der Waals surface area contributed by atoms with Gasteiger partial charge in [-0.05, 0) is 0 Å². The Balaban J connectivity index is 2.90. The van der Waals surface area contributed by atoms with Crippen molar-refractivity contribution in [1.82, 2.24) is 9.46 Å². The van der Waals surface area contributed by atoms with Gasteiger partial charge in [-0.1, -0.05) is 4.73 Å². The van der Waals surface area contributed by atoms with E-state index in [9.17, 15) is 15.6 Å². The lowest BCUT2D eigenvalue weighted by Crippen LogP contribution is -2.30. The average molecular weight is 213 g/mol. The first kappa shape index (κ1) is 9.31. The van der Waals surface area contributed by atoms with E-state index in [1.165, 1.54) is 13.2 Å². The maximum atomic E-state index is 11.6. The first-order valence-electron chi connectivity index (χ1n) is 4.25. The Bertz CT molecular complexity index is 514. The Morgan fingerprint density at radius 1 is 1.33 bits per heavy atom. The zero-order valence-corrected chi connectivity index (χ0v) is 8.22. The molecule has 8 heteroatoms. The van der Waals surface area contributed by atoms with Crippen molar-refractivity contribution in [3.8, 4) is 0 Å². The van der Waals surface area contributed by atoms with E-state index in [4.69, 9.17) is 0 Å². The molecule has 0 amide bonds. The SMILES string of the molecule is CNc1cn(O)c2c1n(O)c(NC)[n+]2[O-]. The van der Waals surface area contributed by atoms with E-state index in [1.807, 2.05) is 0 Å². The van der Waals surface area contributed by atoms with E-state index in [0.717, 1.165) is 0 Å². The average Bonchev–Trinajstić information content (AvgIpc) is 2.66. The summed E-state index contributed by atoms with van der Waals surface area (Å²) < 4.78 is 1.73. The molecule has 2 heterocycles. The second kappa shape index (κ2) is 2.87. The molecule has 0 aliphatic rings. The third-order valence-corrected chi connectivity index (χ3v) is 2.23. The monoisotopic (exact) mass is 213 g/mol. The molecular weight excluding hydrogens is 202 g/mol. The summed E-state index contributed by atoms with van der Waals surface area (Å²) in [4.78, 5) is 0. The van der Waals surface area contributed by atoms with Crippen LogP contribution < -0.4 is 15.4 Å². The molecule has 0 radical (unpaired) electrons. The summed E-state index contributed by atoms with van der Waals surface area (Å²) in [5.74, 6) is -0.0695. The van der Waals surface area contributed by atoms with Gasteiger partial charge in [-0.2, -0.15) is 0 Å². The highest BCUT2D eigenvalue weighted by Gasteiger charge is 2.25. The van der Waals surface area contributed by atoms with Crippen LogP contribution in [0.3, 0.4) is 0 Å². The third kappa shape index (κ3) is 0.981. The van der Waals surface area contributed by atoms with Crippen LogP contribution in [-0.4, -0.2) is 34.0 Å². The molecule has 0 atom stereocenters. The first-order chi connectivity index (χ1) is 7.11. The first-order valence-corrected chi connectivity index (χ1v) is 4.25. The van der Waals surface area contributed by atoms with Gasteiger partial charge in [-0.3, -0.25) is 5.32 Å². The third-order valence-electron chi connectivity index (χ3n) is 2.23. The van der Waals surface area contributed by atoms with Crippen LogP contribution in [0.2, 0.25) is 0 Å². The fraction of sp³-hybridized carbons (Fsp3) is 0.286. The number of nitrogens with one attached hydrogen (secondary N) is 2. The van der Waals surface area contributed by atoms with Gasteiger partial charge in [0.2, 0.25) is 5.52 Å². The predicted molar refractivity (Wildman–Crippen MR) is 52.4 cm³/mol. The van der Waals surface area contributed by atoms with Crippen molar-refractivity contribution < 1.29 is 15.1 Å². The molecule has 0 fully saturated rings. The number of hydrogen-bond donors (Lipinski definition) is 4. The molecule has 8 nitrogen and oxygen atoms in total. The van der Waals surface area contributed by atoms with E-state index in [-0.39, 0.29) is 17.1 Å². The minimum atomic E-state index is -0.0695. The zero-order valence-electron chi connectivity index (χ0n) is 8.22. The molecule has 2 rings (SSSR count). The molecule has 82 valence electrons. The Labute approximate surface area is 84.5 Å². The van der Waals surface area contributed by atoms with Crippen LogP contribution >= 0.6 is 0 Å². The number of anilines is 2. The van der Waals surface area contributed by atoms with Gasteiger partial charge in [0.1, 0.15) is 11.9 Å². The Morgan fingerprint density at radius 2 is 2.00 bits per heavy atom. The highest BCUT2D eigenvalue weighted by Crippen LogP contribution is 2.24. The number of aromatic nitrogens is 3. The molecule has 0 aliphatic carbocycles. The van der Waals surface area contributed by atoms with Crippen LogP contribution in [0.4, 0.5) is 11.6 Å². The highest BCUT2D eigenvalue weighted by molar-refractivity contribution is 5.86. The summed E-state index contributed by atoms with van der Waals surface area (Å²) in [5, 5.41) is 36.0. The van der Waals surface area contributed by atoms with E-state index in [0.29, 0.717) is 19.9 Å². The van der Waals surface area contributed by atoms with Gasteiger partial charge in [0.05, 0.1) is 0 Å². The molecule has 2 aromatic rings. The van der Waals surface area contributed by atoms with Crippen molar-refractivity contribution >= 4 is 22.8 Å². The van der Waals surface area contributed by atoms with Crippen molar-refractivity contribution in [2.75, 3.05) is 24.7 Å². The maximum absolute atomic E-state index is 11.6. The molecule has 0 saturated heterocycles. The van der Waals surface area contributed by atoms with Gasteiger partial charge in [-0.25, -0.2) is 4.73 Å². The molecule has 0 bridgehead atoms. The topological polar surface area (TPSA) is 101 Å². The quantitative estimate of drug-likeness (QED) is 0.310. The van der Waals surface area contributed by atoms with Crippen molar-refractivity contribution in [3.05, 3.63) is 11.4 Å². The van der Waals surface area contributed by atoms with Gasteiger partial charge in [0, 0.05) is 14.1 Å². The van der Waals surface area contributed by atoms with Crippen LogP contribution in [0.15, 0.2) is 6.20 Å². The normalized spacial score (nSPS) is 10.8. The highest BCUT2D eigenvalue weighted by atomic mass is 16.5. The fourth-order valence-electron chi connectivity index (χ4n) is 1.55. The van der Waals surface area contributed by atoms with Crippen molar-refractivity contribution in [2.24, 2.45) is 0 Å². The second-order valence-corrected chi connectivity index (χ2v) is 2.99. The fourth-order valence-corrected chi connectivity index (χ4v) is 1.55. The molecule has 0 aromatic carbocycles. The Morgan fingerprint density at radius 3 is 2.53 bits per heavy atom. The second-order valence-electron chi connectivity index (χ2n) is 2.99. The summed E-state index contributed by atoms with van der Waals surface area (Å²) in [6.45, 7) is 0. The smallest absolute Gasteiger partial charge is 0.352 e. The van der Waals surface area contributed by atoms with Crippen LogP contribution in [0.25, 0.3) is 11.2 Å². The number of fused-ring (bicyclic) bond motifs is 1. The summed E-state index contributed by atoms with van der Waals surface area (Å²) in [5.41, 5.74) is 0.603. The lowest BCUT2D eigenvalue weighted by atomic mass is 10.5. The molecule has 0 aliphatic heterocycles. The lowest BCUT2D eigenvalue weighted by molar-refractivity contribution is -0.568. The van der Waals surface area contributed by atoms with Crippen LogP contribution in [0.1, 0.15) is 0 Å². The van der Waals surface area contributed by atoms with E-state index >= 15 is 0 Å². The molecule has 2 aromatic heterocycles. The summed E-state index contributed by atoms with van der Waals surface area (Å²) in [7, 11) is 3.12. The van der Waals surface area contributed by atoms with E-state index in [2.05, 4.69) is 10.6 Å². The van der Waals surface area contributed by atoms with Crippen molar-refractivity contribution in [3.63, 3.8) is 0 Å². The molecular formula is C7H11N5O3. The van der Waals surface area contributed by atoms with Crippen LogP contribution in [-0.2, 0) is 0 Å². The van der Waals surface area contributed by atoms with E-state index in [1.54, 1.807) is 7.05 Å². The standard InChI is InChI=1S/C7H11N5O3/c1-8-4-3-10(13)6-5(4)11(14)7(9-2)12(6)15/h3,8-9,13-14H,1-2H3. The number of imidazole rings is 1. The van der Waals surface area contributed by atoms with Crippen LogP contribution in [0, 0.1) is 5.21 Å². The lowest BCUT2D eigenvalue weighted by Gasteiger charge is -2.04. The number of nitrogens with zero attached hydrogens (tertiary/aromatic N) is 3. The van der Waals surface area contributed by atoms with Gasteiger partial charge in [0.25, 0.3) is 5.65 Å². The molecule has 15 heavy (non-hydrogen) atoms. The minimum absolute atomic E-state index is 0.0498. The van der Waals surface area contributed by atoms with Crippen molar-refractivity contribution in [2.45, 2.75) is 0 Å². The molecule has 0 unspecified atom stereocenters. The summed E-state index contributed by atoms with van der Waals surface area (Å²) in [6, 6.07) is 0. The van der Waals surface area contributed by atoms with Crippen molar-refractivity contribution in [1.29, 1.82) is 0 Å². The van der Waals surface area contributed by atoms with Crippen LogP contribution in [0.5, 0.6) is 0 Å². The zero-order chi connectivity index (χ0) is 11.2. The predicted octanol–water partition coefficient (Wildman–Crippen LogP) is -0.366. The minimum Gasteiger partial charge on any atom is -0.754 e. The largest absolute Gasteiger partial charge is 0.754 e. The van der Waals surface area contributed by atoms with Gasteiger partial charge < -0.3 is 20.9 Å². The summed E-state index contributed by atoms with van der Waals surface area (Å²) in [6.07, 6.45) is 1.30. The Kier molecular flexibility index (Phi) is 1.78. The molecule has 4 N–H and O–H groups in total.